The van der Waals surface area contributed by atoms with Gasteiger partial charge in [-0.05, 0) is 35.9 Å². The van der Waals surface area contributed by atoms with Crippen LogP contribution in [0.5, 0.6) is 0 Å². The van der Waals surface area contributed by atoms with E-state index in [0.717, 1.165) is 0 Å². The summed E-state index contributed by atoms with van der Waals surface area (Å²) in [6.45, 7) is -0.616. The van der Waals surface area contributed by atoms with Crippen LogP contribution in [0.25, 0.3) is 10.9 Å². The number of nitrogens with zero attached hydrogens (tertiary/aromatic N) is 2. The Labute approximate surface area is 165 Å². The summed E-state index contributed by atoms with van der Waals surface area (Å²) in [4.78, 5) is 36.4. The summed E-state index contributed by atoms with van der Waals surface area (Å²) in [5.74, 6) is -1.28. The van der Waals surface area contributed by atoms with Crippen LogP contribution in [0.2, 0.25) is 10.0 Å². The highest BCUT2D eigenvalue weighted by Crippen LogP contribution is 2.23. The molecule has 1 heterocycles. The molecule has 0 bridgehead atoms. The topological polar surface area (TPSA) is 81.3 Å². The van der Waals surface area contributed by atoms with Gasteiger partial charge in [-0.25, -0.2) is 9.36 Å². The Morgan fingerprint density at radius 1 is 1.04 bits per heavy atom. The maximum atomic E-state index is 12.8. The summed E-state index contributed by atoms with van der Waals surface area (Å²) < 4.78 is 2.68. The van der Waals surface area contributed by atoms with E-state index < -0.39 is 23.8 Å². The van der Waals surface area contributed by atoms with Gasteiger partial charge >= 0.3 is 11.7 Å². The molecule has 2 aromatic carbocycles. The molecule has 0 fully saturated rings. The number of benzene rings is 2. The van der Waals surface area contributed by atoms with E-state index in [1.54, 1.807) is 36.4 Å². The lowest BCUT2D eigenvalue weighted by Gasteiger charge is -2.14. The molecule has 0 aliphatic heterocycles. The summed E-state index contributed by atoms with van der Waals surface area (Å²) in [7, 11) is 0. The number of hydrogen-bond donors (Lipinski definition) is 1. The smallest absolute Gasteiger partial charge is 0.332 e. The number of aromatic nitrogens is 2. The first-order valence-corrected chi connectivity index (χ1v) is 8.91. The first kappa shape index (κ1) is 18.7. The Balaban J connectivity index is 2.28. The normalized spacial score (nSPS) is 11.0. The van der Waals surface area contributed by atoms with E-state index in [-0.39, 0.29) is 11.9 Å². The Hall–Kier alpha value is -2.09. The number of aliphatic carboxylic acids is 1. The fourth-order valence-corrected chi connectivity index (χ4v) is 3.33. The Morgan fingerprint density at radius 2 is 1.77 bits per heavy atom. The average molecular weight is 458 g/mol. The molecule has 0 aliphatic rings. The maximum Gasteiger partial charge on any atom is 0.332 e. The molecule has 1 N–H and O–H groups in total. The van der Waals surface area contributed by atoms with Crippen molar-refractivity contribution in [1.82, 2.24) is 9.13 Å². The van der Waals surface area contributed by atoms with E-state index in [1.807, 2.05) is 0 Å². The lowest BCUT2D eigenvalue weighted by atomic mass is 10.2. The number of carboxylic acids is 1. The summed E-state index contributed by atoms with van der Waals surface area (Å²) >= 11 is 15.2. The second-order valence-electron chi connectivity index (χ2n) is 5.56. The minimum Gasteiger partial charge on any atom is -0.480 e. The van der Waals surface area contributed by atoms with Crippen LogP contribution in [0.1, 0.15) is 5.56 Å². The molecule has 9 heteroatoms. The van der Waals surface area contributed by atoms with Gasteiger partial charge in [-0.2, -0.15) is 0 Å². The van der Waals surface area contributed by atoms with Crippen LogP contribution in [0.15, 0.2) is 50.5 Å². The molecule has 0 unspecified atom stereocenters. The number of rotatable bonds is 4. The van der Waals surface area contributed by atoms with Crippen LogP contribution < -0.4 is 11.2 Å². The third-order valence-electron chi connectivity index (χ3n) is 3.80. The molecule has 3 aromatic rings. The lowest BCUT2D eigenvalue weighted by Crippen LogP contribution is -2.41. The van der Waals surface area contributed by atoms with Gasteiger partial charge in [-0.1, -0.05) is 45.2 Å². The van der Waals surface area contributed by atoms with Crippen molar-refractivity contribution in [2.45, 2.75) is 13.1 Å². The molecular weight excluding hydrogens is 447 g/mol. The molecule has 0 atom stereocenters. The van der Waals surface area contributed by atoms with Gasteiger partial charge in [-0.15, -0.1) is 0 Å². The van der Waals surface area contributed by atoms with Crippen LogP contribution in [0.3, 0.4) is 0 Å². The zero-order valence-electron chi connectivity index (χ0n) is 13.1. The third kappa shape index (κ3) is 3.56. The van der Waals surface area contributed by atoms with Crippen LogP contribution >= 0.6 is 39.1 Å². The highest BCUT2D eigenvalue weighted by atomic mass is 79.9. The minimum atomic E-state index is -1.28. The van der Waals surface area contributed by atoms with Gasteiger partial charge in [0.2, 0.25) is 0 Å². The predicted molar refractivity (Wildman–Crippen MR) is 103 cm³/mol. The van der Waals surface area contributed by atoms with Gasteiger partial charge in [-0.3, -0.25) is 14.2 Å². The van der Waals surface area contributed by atoms with E-state index in [9.17, 15) is 14.4 Å². The fourth-order valence-electron chi connectivity index (χ4n) is 2.64. The molecule has 0 saturated heterocycles. The Kier molecular flexibility index (Phi) is 5.22. The predicted octanol–water partition coefficient (Wildman–Crippen LogP) is 3.37. The second-order valence-corrected chi connectivity index (χ2v) is 7.29. The quantitative estimate of drug-likeness (QED) is 0.651. The largest absolute Gasteiger partial charge is 0.480 e. The monoisotopic (exact) mass is 456 g/mol. The molecule has 0 aliphatic carbocycles. The fraction of sp³-hybridized carbons (Fsp3) is 0.118. The molecule has 134 valence electrons. The summed E-state index contributed by atoms with van der Waals surface area (Å²) in [5, 5.41) is 10.00. The van der Waals surface area contributed by atoms with E-state index in [0.29, 0.717) is 30.2 Å². The standard InChI is InChI=1S/C17H11BrCl2N2O4/c18-10-2-4-14-11(6-10)16(25)22(8-15(23)24)17(26)21(14)7-9-1-3-12(19)13(20)5-9/h1-6H,7-8H2,(H,23,24). The molecule has 0 spiro atoms. The summed E-state index contributed by atoms with van der Waals surface area (Å²) in [6, 6.07) is 9.82. The number of carboxylic acid groups (broad SMARTS) is 1. The summed E-state index contributed by atoms with van der Waals surface area (Å²) in [6.07, 6.45) is 0. The second kappa shape index (κ2) is 7.26. The first-order chi connectivity index (χ1) is 12.3. The van der Waals surface area contributed by atoms with Crippen molar-refractivity contribution in [3.05, 3.63) is 77.3 Å². The van der Waals surface area contributed by atoms with Gasteiger partial charge < -0.3 is 5.11 Å². The number of fused-ring (bicyclic) bond motifs is 1. The zero-order valence-corrected chi connectivity index (χ0v) is 16.2. The molecule has 0 radical (unpaired) electrons. The van der Waals surface area contributed by atoms with Crippen molar-refractivity contribution in [1.29, 1.82) is 0 Å². The first-order valence-electron chi connectivity index (χ1n) is 7.36. The maximum absolute atomic E-state index is 12.8. The van der Waals surface area contributed by atoms with E-state index in [4.69, 9.17) is 28.3 Å². The Bertz CT molecular complexity index is 1150. The van der Waals surface area contributed by atoms with Crippen molar-refractivity contribution in [3.8, 4) is 0 Å². The molecule has 6 nitrogen and oxygen atoms in total. The molecule has 1 aromatic heterocycles. The van der Waals surface area contributed by atoms with Gasteiger partial charge in [0, 0.05) is 4.47 Å². The summed E-state index contributed by atoms with van der Waals surface area (Å²) in [5.41, 5.74) is -0.278. The van der Waals surface area contributed by atoms with Crippen LogP contribution in [0.4, 0.5) is 0 Å². The van der Waals surface area contributed by atoms with Crippen molar-refractivity contribution >= 4 is 56.0 Å². The average Bonchev–Trinajstić information content (AvgIpc) is 2.58. The minimum absolute atomic E-state index is 0.105. The molecular formula is C17H11BrCl2N2O4. The van der Waals surface area contributed by atoms with E-state index >= 15 is 0 Å². The number of carbonyl (C=O) groups is 1. The zero-order chi connectivity index (χ0) is 19.0. The highest BCUT2D eigenvalue weighted by Gasteiger charge is 2.16. The number of hydrogen-bond acceptors (Lipinski definition) is 3. The van der Waals surface area contributed by atoms with Crippen LogP contribution in [-0.2, 0) is 17.9 Å². The van der Waals surface area contributed by atoms with E-state index in [1.165, 1.54) is 4.57 Å². The molecule has 3 rings (SSSR count). The van der Waals surface area contributed by atoms with Crippen LogP contribution in [-0.4, -0.2) is 20.2 Å². The molecule has 26 heavy (non-hydrogen) atoms. The van der Waals surface area contributed by atoms with Crippen LogP contribution in [0, 0.1) is 0 Å². The van der Waals surface area contributed by atoms with Crippen molar-refractivity contribution < 1.29 is 9.90 Å². The number of halogens is 3. The van der Waals surface area contributed by atoms with Crippen molar-refractivity contribution in [2.24, 2.45) is 0 Å². The van der Waals surface area contributed by atoms with Gasteiger partial charge in [0.1, 0.15) is 6.54 Å². The molecule has 0 amide bonds. The SMILES string of the molecule is O=C(O)Cn1c(=O)c2cc(Br)ccc2n(Cc2ccc(Cl)c(Cl)c2)c1=O. The van der Waals surface area contributed by atoms with Gasteiger partial charge in [0.25, 0.3) is 5.56 Å². The van der Waals surface area contributed by atoms with E-state index in [2.05, 4.69) is 15.9 Å². The van der Waals surface area contributed by atoms with Crippen molar-refractivity contribution in [2.75, 3.05) is 0 Å². The van der Waals surface area contributed by atoms with Gasteiger partial charge in [0.15, 0.2) is 0 Å². The van der Waals surface area contributed by atoms with Crippen molar-refractivity contribution in [3.63, 3.8) is 0 Å². The molecule has 0 saturated carbocycles. The lowest BCUT2D eigenvalue weighted by molar-refractivity contribution is -0.137. The third-order valence-corrected chi connectivity index (χ3v) is 5.04. The Morgan fingerprint density at radius 3 is 2.42 bits per heavy atom. The highest BCUT2D eigenvalue weighted by molar-refractivity contribution is 9.10. The van der Waals surface area contributed by atoms with Gasteiger partial charge in [0.05, 0.1) is 27.5 Å².